The number of nitrogens with one attached hydrogen (secondary N) is 1. The smallest absolute Gasteiger partial charge is 0.253 e. The Balaban J connectivity index is 1.08. The lowest BCUT2D eigenvalue weighted by molar-refractivity contribution is -0.134. The molecule has 0 spiro atoms. The highest BCUT2D eigenvalue weighted by Gasteiger charge is 2.38. The fraction of sp³-hybridized carbons (Fsp3) is 0.310. The third kappa shape index (κ3) is 6.26. The summed E-state index contributed by atoms with van der Waals surface area (Å²) in [5.74, 6) is 2.55. The van der Waals surface area contributed by atoms with Gasteiger partial charge in [0, 0.05) is 67.3 Å². The number of thioether (sulfide) groups is 1. The lowest BCUT2D eigenvalue weighted by Gasteiger charge is -2.44. The van der Waals surface area contributed by atoms with Gasteiger partial charge in [0.05, 0.1) is 17.6 Å². The number of fused-ring (bicyclic) bond motifs is 1. The summed E-state index contributed by atoms with van der Waals surface area (Å²) in [6, 6.07) is 12.8. The summed E-state index contributed by atoms with van der Waals surface area (Å²) in [5.41, 5.74) is 6.25. The minimum Gasteiger partial charge on any atom is -0.335 e. The molecule has 1 saturated heterocycles. The summed E-state index contributed by atoms with van der Waals surface area (Å²) >= 11 is 1.85. The van der Waals surface area contributed by atoms with Gasteiger partial charge in [-0.25, -0.2) is 9.97 Å². The first kappa shape index (κ1) is 25.2. The first-order valence-electron chi connectivity index (χ1n) is 12.6. The number of amides is 1. The standard InChI is InChI=1S/C29H32N6OS/c1-3-23(10-7-11-37-20-22-8-5-4-6-9-22)28(36)35-17-26(18-35)34-16-24-14-31-29(33-27(24)19-34)32-25-12-21(2)13-30-15-25/h3-10,12-15,26H,11,16-20H2,1-2H3,(H,31,32,33)/b10-7-,23-3+. The number of hydrogen-bond donors (Lipinski definition) is 1. The molecule has 37 heavy (non-hydrogen) atoms. The van der Waals surface area contributed by atoms with E-state index in [0.29, 0.717) is 12.0 Å². The molecule has 3 aromatic rings. The number of benzene rings is 1. The molecular weight excluding hydrogens is 480 g/mol. The summed E-state index contributed by atoms with van der Waals surface area (Å²) in [5, 5.41) is 3.25. The van der Waals surface area contributed by atoms with E-state index in [0.717, 1.165) is 65.8 Å². The van der Waals surface area contributed by atoms with Gasteiger partial charge in [-0.3, -0.25) is 14.7 Å². The first-order valence-corrected chi connectivity index (χ1v) is 13.8. The first-order chi connectivity index (χ1) is 18.1. The maximum absolute atomic E-state index is 13.0. The van der Waals surface area contributed by atoms with E-state index in [1.165, 1.54) is 5.56 Å². The van der Waals surface area contributed by atoms with Gasteiger partial charge in [0.25, 0.3) is 5.91 Å². The van der Waals surface area contributed by atoms with Gasteiger partial charge in [-0.15, -0.1) is 0 Å². The lowest BCUT2D eigenvalue weighted by atomic mass is 10.0. The number of carbonyl (C=O) groups is 1. The number of hydrogen-bond acceptors (Lipinski definition) is 7. The van der Waals surface area contributed by atoms with Crippen molar-refractivity contribution in [2.24, 2.45) is 0 Å². The zero-order valence-electron chi connectivity index (χ0n) is 21.3. The summed E-state index contributed by atoms with van der Waals surface area (Å²) < 4.78 is 0. The lowest BCUT2D eigenvalue weighted by Crippen LogP contribution is -2.60. The quantitative estimate of drug-likeness (QED) is 0.249. The average molecular weight is 513 g/mol. The Hall–Kier alpha value is -3.49. The molecule has 0 radical (unpaired) electrons. The molecule has 1 aromatic carbocycles. The third-order valence-electron chi connectivity index (χ3n) is 6.66. The predicted octanol–water partition coefficient (Wildman–Crippen LogP) is 4.89. The van der Waals surface area contributed by atoms with E-state index in [1.54, 1.807) is 6.20 Å². The molecule has 0 unspecified atom stereocenters. The predicted molar refractivity (Wildman–Crippen MR) is 149 cm³/mol. The minimum absolute atomic E-state index is 0.109. The summed E-state index contributed by atoms with van der Waals surface area (Å²) in [6.07, 6.45) is 11.5. The average Bonchev–Trinajstić information content (AvgIpc) is 3.28. The van der Waals surface area contributed by atoms with Crippen LogP contribution in [0.5, 0.6) is 0 Å². The van der Waals surface area contributed by atoms with Crippen molar-refractivity contribution in [1.82, 2.24) is 24.8 Å². The minimum atomic E-state index is 0.109. The van der Waals surface area contributed by atoms with E-state index >= 15 is 0 Å². The number of aromatic nitrogens is 3. The van der Waals surface area contributed by atoms with Gasteiger partial charge in [0.2, 0.25) is 5.95 Å². The second kappa shape index (κ2) is 11.7. The van der Waals surface area contributed by atoms with Crippen LogP contribution in [0.1, 0.15) is 29.3 Å². The van der Waals surface area contributed by atoms with Crippen LogP contribution in [-0.4, -0.2) is 55.5 Å². The number of anilines is 2. The van der Waals surface area contributed by atoms with Crippen molar-refractivity contribution in [2.75, 3.05) is 24.2 Å². The largest absolute Gasteiger partial charge is 0.335 e. The van der Waals surface area contributed by atoms with E-state index in [1.807, 2.05) is 67.2 Å². The molecule has 4 heterocycles. The van der Waals surface area contributed by atoms with Crippen molar-refractivity contribution in [3.63, 3.8) is 0 Å². The normalized spacial score (nSPS) is 16.2. The number of likely N-dealkylation sites (tertiary alicyclic amines) is 1. The number of aryl methyl sites for hydroxylation is 1. The number of rotatable bonds is 9. The van der Waals surface area contributed by atoms with Crippen LogP contribution < -0.4 is 5.32 Å². The molecule has 0 bridgehead atoms. The van der Waals surface area contributed by atoms with Crippen molar-refractivity contribution in [2.45, 2.75) is 38.7 Å². The van der Waals surface area contributed by atoms with Crippen LogP contribution in [0.15, 0.2) is 78.8 Å². The maximum atomic E-state index is 13.0. The fourth-order valence-corrected chi connectivity index (χ4v) is 5.35. The maximum Gasteiger partial charge on any atom is 0.253 e. The fourth-order valence-electron chi connectivity index (χ4n) is 4.57. The van der Waals surface area contributed by atoms with Crippen LogP contribution in [0.3, 0.4) is 0 Å². The molecule has 1 fully saturated rings. The van der Waals surface area contributed by atoms with Crippen molar-refractivity contribution in [3.8, 4) is 0 Å². The van der Waals surface area contributed by atoms with Gasteiger partial charge >= 0.3 is 0 Å². The Kier molecular flexibility index (Phi) is 7.96. The molecule has 2 aromatic heterocycles. The number of pyridine rings is 1. The van der Waals surface area contributed by atoms with Crippen LogP contribution >= 0.6 is 11.8 Å². The number of allylic oxidation sites excluding steroid dienone is 1. The van der Waals surface area contributed by atoms with Crippen molar-refractivity contribution < 1.29 is 4.79 Å². The van der Waals surface area contributed by atoms with Gasteiger partial charge in [-0.2, -0.15) is 11.8 Å². The van der Waals surface area contributed by atoms with Crippen LogP contribution in [0.4, 0.5) is 11.6 Å². The molecule has 190 valence electrons. The monoisotopic (exact) mass is 512 g/mol. The van der Waals surface area contributed by atoms with E-state index in [9.17, 15) is 4.79 Å². The summed E-state index contributed by atoms with van der Waals surface area (Å²) in [7, 11) is 0. The van der Waals surface area contributed by atoms with Crippen LogP contribution in [0, 0.1) is 6.92 Å². The molecule has 1 amide bonds. The molecule has 0 atom stereocenters. The van der Waals surface area contributed by atoms with Crippen molar-refractivity contribution in [3.05, 3.63) is 101 Å². The highest BCUT2D eigenvalue weighted by Crippen LogP contribution is 2.28. The second-order valence-corrected chi connectivity index (χ2v) is 10.5. The van der Waals surface area contributed by atoms with Gasteiger partial charge in [0.15, 0.2) is 0 Å². The molecule has 0 saturated carbocycles. The Morgan fingerprint density at radius 1 is 1.16 bits per heavy atom. The van der Waals surface area contributed by atoms with E-state index in [4.69, 9.17) is 4.98 Å². The Morgan fingerprint density at radius 2 is 2.00 bits per heavy atom. The molecule has 5 rings (SSSR count). The van der Waals surface area contributed by atoms with Crippen LogP contribution in [0.2, 0.25) is 0 Å². The summed E-state index contributed by atoms with van der Waals surface area (Å²) in [6.45, 7) is 7.03. The molecule has 7 nitrogen and oxygen atoms in total. The second-order valence-electron chi connectivity index (χ2n) is 9.46. The molecular formula is C29H32N6OS. The van der Waals surface area contributed by atoms with E-state index in [-0.39, 0.29) is 5.91 Å². The van der Waals surface area contributed by atoms with E-state index in [2.05, 4.69) is 50.5 Å². The molecule has 2 aliphatic heterocycles. The van der Waals surface area contributed by atoms with Crippen molar-refractivity contribution in [1.29, 1.82) is 0 Å². The summed E-state index contributed by atoms with van der Waals surface area (Å²) in [4.78, 5) is 30.8. The van der Waals surface area contributed by atoms with Crippen LogP contribution in [-0.2, 0) is 23.6 Å². The Bertz CT molecular complexity index is 1300. The molecule has 1 N–H and O–H groups in total. The van der Waals surface area contributed by atoms with Gasteiger partial charge in [-0.05, 0) is 31.0 Å². The van der Waals surface area contributed by atoms with Gasteiger partial charge in [-0.1, -0.05) is 48.6 Å². The van der Waals surface area contributed by atoms with Crippen molar-refractivity contribution >= 4 is 29.3 Å². The molecule has 0 aliphatic carbocycles. The van der Waals surface area contributed by atoms with E-state index < -0.39 is 0 Å². The number of nitrogens with zero attached hydrogens (tertiary/aromatic N) is 5. The van der Waals surface area contributed by atoms with Crippen LogP contribution in [0.25, 0.3) is 0 Å². The Morgan fingerprint density at radius 3 is 2.78 bits per heavy atom. The number of carbonyl (C=O) groups excluding carboxylic acids is 1. The topological polar surface area (TPSA) is 74.2 Å². The zero-order valence-corrected chi connectivity index (χ0v) is 22.1. The third-order valence-corrected chi connectivity index (χ3v) is 7.62. The highest BCUT2D eigenvalue weighted by molar-refractivity contribution is 7.98. The van der Waals surface area contributed by atoms with Gasteiger partial charge in [0.1, 0.15) is 0 Å². The molecule has 8 heteroatoms. The zero-order chi connectivity index (χ0) is 25.6. The highest BCUT2D eigenvalue weighted by atomic mass is 32.2. The molecule has 2 aliphatic rings. The van der Waals surface area contributed by atoms with Gasteiger partial charge < -0.3 is 10.2 Å². The Labute approximate surface area is 222 Å². The SMILES string of the molecule is C/C=C(\C=C/CSCc1ccccc1)C(=O)N1CC(N2Cc3cnc(Nc4cncc(C)c4)nc3C2)C1.